The van der Waals surface area contributed by atoms with Gasteiger partial charge >= 0.3 is 0 Å². The van der Waals surface area contributed by atoms with Crippen LogP contribution in [0.15, 0.2) is 71.7 Å². The number of fused-ring (bicyclic) bond motifs is 1. The van der Waals surface area contributed by atoms with Crippen molar-refractivity contribution in [3.8, 4) is 28.5 Å². The van der Waals surface area contributed by atoms with Crippen LogP contribution in [0.25, 0.3) is 22.2 Å². The Morgan fingerprint density at radius 1 is 1.03 bits per heavy atom. The lowest BCUT2D eigenvalue weighted by Gasteiger charge is -2.21. The lowest BCUT2D eigenvalue weighted by molar-refractivity contribution is 0.0767. The van der Waals surface area contributed by atoms with Gasteiger partial charge in [-0.15, -0.1) is 0 Å². The van der Waals surface area contributed by atoms with Crippen LogP contribution in [0.1, 0.15) is 5.56 Å². The molecule has 2 aromatic carbocycles. The van der Waals surface area contributed by atoms with Crippen LogP contribution in [0.2, 0.25) is 0 Å². The van der Waals surface area contributed by atoms with E-state index in [1.807, 2.05) is 55.6 Å². The molecule has 0 bridgehead atoms. The molecule has 0 amide bonds. The second-order valence-electron chi connectivity index (χ2n) is 9.02. The molecule has 37 heavy (non-hydrogen) atoms. The molecule has 8 heteroatoms. The molecular weight excluding hydrogens is 470 g/mol. The number of nitrogens with zero attached hydrogens (tertiary/aromatic N) is 3. The number of hydrogen-bond acceptors (Lipinski definition) is 7. The Hall–Kier alpha value is -3.88. The van der Waals surface area contributed by atoms with Gasteiger partial charge in [-0.05, 0) is 79.2 Å². The van der Waals surface area contributed by atoms with Gasteiger partial charge in [-0.2, -0.15) is 0 Å². The first-order valence-electron chi connectivity index (χ1n) is 12.1. The molecule has 4 aromatic rings. The Morgan fingerprint density at radius 3 is 2.51 bits per heavy atom. The smallest absolute Gasteiger partial charge is 0.260 e. The van der Waals surface area contributed by atoms with E-state index in [9.17, 15) is 9.90 Å². The number of ether oxygens (including phenoxy) is 3. The Labute approximate surface area is 216 Å². The SMILES string of the molecule is COc1ccc(CCN(C)CC(O)COc2ccc(-c3cc4ncccc4c(=O)n3C)cc2)cc1OC. The molecule has 1 unspecified atom stereocenters. The summed E-state index contributed by atoms with van der Waals surface area (Å²) in [5, 5.41) is 11.1. The molecule has 0 aliphatic heterocycles. The number of likely N-dealkylation sites (N-methyl/N-ethyl adjacent to an activating group) is 1. The van der Waals surface area contributed by atoms with Crippen LogP contribution in [-0.4, -0.2) is 66.6 Å². The van der Waals surface area contributed by atoms with Gasteiger partial charge in [-0.1, -0.05) is 6.07 Å². The van der Waals surface area contributed by atoms with Crippen molar-refractivity contribution in [2.45, 2.75) is 12.5 Å². The fourth-order valence-corrected chi connectivity index (χ4v) is 4.28. The second-order valence-corrected chi connectivity index (χ2v) is 9.02. The fraction of sp³-hybridized carbons (Fsp3) is 0.310. The number of pyridine rings is 2. The molecule has 0 saturated heterocycles. The summed E-state index contributed by atoms with van der Waals surface area (Å²) in [6.07, 6.45) is 1.86. The number of methoxy groups -OCH3 is 2. The maximum Gasteiger partial charge on any atom is 0.260 e. The number of aromatic nitrogens is 2. The predicted molar refractivity (Wildman–Crippen MR) is 145 cm³/mol. The molecule has 1 N–H and O–H groups in total. The normalized spacial score (nSPS) is 12.1. The predicted octanol–water partition coefficient (Wildman–Crippen LogP) is 3.53. The molecule has 0 aliphatic carbocycles. The van der Waals surface area contributed by atoms with E-state index in [1.165, 1.54) is 0 Å². The highest BCUT2D eigenvalue weighted by atomic mass is 16.5. The van der Waals surface area contributed by atoms with Crippen LogP contribution in [0.3, 0.4) is 0 Å². The van der Waals surface area contributed by atoms with Crippen LogP contribution in [-0.2, 0) is 13.5 Å². The summed E-state index contributed by atoms with van der Waals surface area (Å²) in [5.74, 6) is 2.07. The summed E-state index contributed by atoms with van der Waals surface area (Å²) < 4.78 is 18.1. The standard InChI is InChI=1S/C29H33N3O5/c1-31(15-13-20-7-12-27(35-3)28(16-20)36-4)18-22(33)19-37-23-10-8-21(9-11-23)26-17-25-24(6-5-14-30-25)29(34)32(26)2/h5-12,14,16-17,22,33H,13,15,18-19H2,1-4H3. The van der Waals surface area contributed by atoms with Gasteiger partial charge in [0.15, 0.2) is 11.5 Å². The fourth-order valence-electron chi connectivity index (χ4n) is 4.28. The number of aliphatic hydroxyl groups excluding tert-OH is 1. The lowest BCUT2D eigenvalue weighted by atomic mass is 10.1. The van der Waals surface area contributed by atoms with Crippen molar-refractivity contribution in [3.63, 3.8) is 0 Å². The van der Waals surface area contributed by atoms with Crippen molar-refractivity contribution in [1.29, 1.82) is 0 Å². The van der Waals surface area contributed by atoms with E-state index in [0.29, 0.717) is 34.7 Å². The molecule has 1 atom stereocenters. The van der Waals surface area contributed by atoms with Crippen LogP contribution < -0.4 is 19.8 Å². The van der Waals surface area contributed by atoms with Gasteiger partial charge in [-0.3, -0.25) is 9.78 Å². The summed E-state index contributed by atoms with van der Waals surface area (Å²) in [5.41, 5.74) is 3.38. The van der Waals surface area contributed by atoms with Crippen molar-refractivity contribution >= 4 is 10.9 Å². The zero-order chi connectivity index (χ0) is 26.4. The summed E-state index contributed by atoms with van der Waals surface area (Å²) in [6.45, 7) is 1.44. The van der Waals surface area contributed by atoms with Gasteiger partial charge in [-0.25, -0.2) is 0 Å². The van der Waals surface area contributed by atoms with Crippen molar-refractivity contribution in [1.82, 2.24) is 14.5 Å². The molecule has 0 radical (unpaired) electrons. The molecule has 8 nitrogen and oxygen atoms in total. The minimum absolute atomic E-state index is 0.0840. The number of aliphatic hydroxyl groups is 1. The van der Waals surface area contributed by atoms with Crippen molar-refractivity contribution in [3.05, 3.63) is 82.8 Å². The molecular formula is C29H33N3O5. The minimum Gasteiger partial charge on any atom is -0.493 e. The number of rotatable bonds is 11. The highest BCUT2D eigenvalue weighted by molar-refractivity contribution is 5.81. The molecule has 0 fully saturated rings. The van der Waals surface area contributed by atoms with Crippen LogP contribution in [0.5, 0.6) is 17.2 Å². The first-order chi connectivity index (χ1) is 17.9. The highest BCUT2D eigenvalue weighted by Gasteiger charge is 2.12. The monoisotopic (exact) mass is 503 g/mol. The summed E-state index contributed by atoms with van der Waals surface area (Å²) in [4.78, 5) is 19.1. The van der Waals surface area contributed by atoms with Gasteiger partial charge < -0.3 is 28.8 Å². The highest BCUT2D eigenvalue weighted by Crippen LogP contribution is 2.28. The van der Waals surface area contributed by atoms with Gasteiger partial charge in [0.2, 0.25) is 0 Å². The molecule has 4 rings (SSSR count). The summed E-state index contributed by atoms with van der Waals surface area (Å²) in [6, 6.07) is 18.8. The van der Waals surface area contributed by atoms with Crippen molar-refractivity contribution < 1.29 is 19.3 Å². The summed E-state index contributed by atoms with van der Waals surface area (Å²) in [7, 11) is 6.98. The Bertz CT molecular complexity index is 1400. The third kappa shape index (κ3) is 6.28. The first kappa shape index (κ1) is 26.2. The van der Waals surface area contributed by atoms with E-state index in [1.54, 1.807) is 44.2 Å². The van der Waals surface area contributed by atoms with E-state index >= 15 is 0 Å². The topological polar surface area (TPSA) is 86.1 Å². The van der Waals surface area contributed by atoms with Gasteiger partial charge in [0.1, 0.15) is 18.5 Å². The quantitative estimate of drug-likeness (QED) is 0.335. The molecule has 2 heterocycles. The third-order valence-electron chi connectivity index (χ3n) is 6.35. The largest absolute Gasteiger partial charge is 0.493 e. The second kappa shape index (κ2) is 11.9. The minimum atomic E-state index is -0.637. The number of hydrogen-bond donors (Lipinski definition) is 1. The zero-order valence-corrected chi connectivity index (χ0v) is 21.7. The third-order valence-corrected chi connectivity index (χ3v) is 6.35. The Kier molecular flexibility index (Phi) is 8.43. The van der Waals surface area contributed by atoms with Gasteiger partial charge in [0, 0.05) is 26.3 Å². The van der Waals surface area contributed by atoms with Crippen LogP contribution >= 0.6 is 0 Å². The average Bonchev–Trinajstić information content (AvgIpc) is 2.93. The number of benzene rings is 2. The van der Waals surface area contributed by atoms with E-state index in [-0.39, 0.29) is 12.2 Å². The molecule has 0 aliphatic rings. The molecule has 194 valence electrons. The molecule has 0 saturated carbocycles. The Morgan fingerprint density at radius 2 is 1.78 bits per heavy atom. The zero-order valence-electron chi connectivity index (χ0n) is 21.7. The van der Waals surface area contributed by atoms with Crippen molar-refractivity contribution in [2.75, 3.05) is 41.0 Å². The first-order valence-corrected chi connectivity index (χ1v) is 12.1. The van der Waals surface area contributed by atoms with Gasteiger partial charge in [0.25, 0.3) is 5.56 Å². The van der Waals surface area contributed by atoms with E-state index in [4.69, 9.17) is 14.2 Å². The Balaban J connectivity index is 1.30. The lowest BCUT2D eigenvalue weighted by Crippen LogP contribution is -2.34. The van der Waals surface area contributed by atoms with E-state index in [0.717, 1.165) is 29.8 Å². The average molecular weight is 504 g/mol. The van der Waals surface area contributed by atoms with Crippen LogP contribution in [0, 0.1) is 0 Å². The summed E-state index contributed by atoms with van der Waals surface area (Å²) >= 11 is 0. The maximum absolute atomic E-state index is 12.7. The maximum atomic E-state index is 12.7. The van der Waals surface area contributed by atoms with Crippen LogP contribution in [0.4, 0.5) is 0 Å². The van der Waals surface area contributed by atoms with E-state index < -0.39 is 6.10 Å². The van der Waals surface area contributed by atoms with E-state index in [2.05, 4.69) is 9.88 Å². The van der Waals surface area contributed by atoms with Crippen molar-refractivity contribution in [2.24, 2.45) is 7.05 Å². The molecule has 2 aromatic heterocycles. The van der Waals surface area contributed by atoms with Gasteiger partial charge in [0.05, 0.1) is 30.8 Å². The molecule has 0 spiro atoms.